The van der Waals surface area contributed by atoms with Gasteiger partial charge in [0.05, 0.1) is 12.3 Å². The molecule has 0 N–H and O–H groups in total. The van der Waals surface area contributed by atoms with Gasteiger partial charge in [-0.3, -0.25) is 9.20 Å². The summed E-state index contributed by atoms with van der Waals surface area (Å²) in [5.74, 6) is -1.49. The van der Waals surface area contributed by atoms with Crippen LogP contribution < -0.4 is 0 Å². The topological polar surface area (TPSA) is 60.7 Å². The highest BCUT2D eigenvalue weighted by molar-refractivity contribution is 6.40. The number of ether oxygens (including phenoxy) is 1. The van der Waals surface area contributed by atoms with Gasteiger partial charge >= 0.3 is 5.97 Å². The largest absolute Gasteiger partial charge is 0.460 e. The van der Waals surface area contributed by atoms with Gasteiger partial charge < -0.3 is 4.74 Å². The van der Waals surface area contributed by atoms with E-state index in [1.54, 1.807) is 18.2 Å². The number of hydrogen-bond donors (Lipinski definition) is 0. The molecule has 0 amide bonds. The molecule has 2 rings (SSSR count). The highest BCUT2D eigenvalue weighted by Gasteiger charge is 2.24. The van der Waals surface area contributed by atoms with Gasteiger partial charge in [0.15, 0.2) is 0 Å². The maximum Gasteiger partial charge on any atom is 0.381 e. The molecule has 2 aromatic heterocycles. The molecule has 0 aliphatic carbocycles. The van der Waals surface area contributed by atoms with E-state index in [9.17, 15) is 9.59 Å². The van der Waals surface area contributed by atoms with Crippen molar-refractivity contribution >= 4 is 17.4 Å². The van der Waals surface area contributed by atoms with E-state index in [4.69, 9.17) is 4.74 Å². The Morgan fingerprint density at radius 1 is 1.32 bits per heavy atom. The maximum absolute atomic E-state index is 12.1. The number of esters is 1. The van der Waals surface area contributed by atoms with Crippen LogP contribution in [0.3, 0.4) is 0 Å². The first-order valence-corrected chi connectivity index (χ1v) is 6.27. The molecule has 0 aromatic carbocycles. The molecule has 0 aliphatic heterocycles. The third-order valence-electron chi connectivity index (χ3n) is 2.94. The summed E-state index contributed by atoms with van der Waals surface area (Å²) >= 11 is 0. The minimum atomic E-state index is -0.839. The molecule has 0 aliphatic rings. The Kier molecular flexibility index (Phi) is 3.64. The van der Waals surface area contributed by atoms with Gasteiger partial charge in [0.2, 0.25) is 0 Å². The van der Waals surface area contributed by atoms with Crippen molar-refractivity contribution in [2.75, 3.05) is 6.61 Å². The maximum atomic E-state index is 12.1. The van der Waals surface area contributed by atoms with Gasteiger partial charge in [-0.2, -0.15) is 0 Å². The van der Waals surface area contributed by atoms with Crippen LogP contribution in [0, 0.1) is 6.92 Å². The van der Waals surface area contributed by atoms with Crippen molar-refractivity contribution in [1.82, 2.24) is 9.38 Å². The summed E-state index contributed by atoms with van der Waals surface area (Å²) in [6.45, 7) is 5.59. The van der Waals surface area contributed by atoms with Crippen molar-refractivity contribution in [3.8, 4) is 0 Å². The Balaban J connectivity index is 2.55. The fraction of sp³-hybridized carbons (Fsp3) is 0.357. The normalized spacial score (nSPS) is 10.7. The Morgan fingerprint density at radius 2 is 2.05 bits per heavy atom. The third-order valence-corrected chi connectivity index (χ3v) is 2.94. The molecule has 0 radical (unpaired) electrons. The first-order valence-electron chi connectivity index (χ1n) is 6.27. The Bertz CT molecular complexity index is 643. The number of rotatable bonds is 4. The molecule has 19 heavy (non-hydrogen) atoms. The van der Waals surface area contributed by atoms with Gasteiger partial charge in [-0.25, -0.2) is 9.78 Å². The number of ketones is 1. The summed E-state index contributed by atoms with van der Waals surface area (Å²) in [5, 5.41) is 0. The molecule has 0 saturated carbocycles. The second kappa shape index (κ2) is 5.22. The van der Waals surface area contributed by atoms with Crippen LogP contribution in [0.2, 0.25) is 0 Å². The van der Waals surface area contributed by atoms with E-state index >= 15 is 0 Å². The molecule has 5 heteroatoms. The first-order chi connectivity index (χ1) is 9.08. The number of Topliss-reactive ketones (excluding diaryl/α,β-unsaturated/α-hetero) is 1. The minimum Gasteiger partial charge on any atom is -0.460 e. The Morgan fingerprint density at radius 3 is 2.68 bits per heavy atom. The van der Waals surface area contributed by atoms with Crippen molar-refractivity contribution in [1.29, 1.82) is 0 Å². The number of imidazole rings is 1. The van der Waals surface area contributed by atoms with Gasteiger partial charge in [-0.1, -0.05) is 13.0 Å². The summed E-state index contributed by atoms with van der Waals surface area (Å²) < 4.78 is 6.42. The fourth-order valence-electron chi connectivity index (χ4n) is 1.98. The number of carbonyl (C=O) groups excluding carboxylic acids is 2. The van der Waals surface area contributed by atoms with Gasteiger partial charge in [-0.15, -0.1) is 0 Å². The van der Waals surface area contributed by atoms with Crippen LogP contribution in [0.25, 0.3) is 5.65 Å². The molecule has 0 spiro atoms. The average molecular weight is 260 g/mol. The lowest BCUT2D eigenvalue weighted by Gasteiger charge is -2.04. The quantitative estimate of drug-likeness (QED) is 0.479. The summed E-state index contributed by atoms with van der Waals surface area (Å²) in [6, 6.07) is 3.80. The van der Waals surface area contributed by atoms with E-state index in [0.29, 0.717) is 11.3 Å². The van der Waals surface area contributed by atoms with E-state index in [0.717, 1.165) is 12.0 Å². The van der Waals surface area contributed by atoms with Crippen molar-refractivity contribution < 1.29 is 14.3 Å². The highest BCUT2D eigenvalue weighted by Crippen LogP contribution is 2.15. The molecule has 0 bridgehead atoms. The molecule has 0 fully saturated rings. The van der Waals surface area contributed by atoms with E-state index in [2.05, 4.69) is 4.98 Å². The zero-order valence-corrected chi connectivity index (χ0v) is 11.3. The lowest BCUT2D eigenvalue weighted by Crippen LogP contribution is -2.20. The molecule has 0 unspecified atom stereocenters. The summed E-state index contributed by atoms with van der Waals surface area (Å²) in [4.78, 5) is 28.0. The van der Waals surface area contributed by atoms with Crippen molar-refractivity contribution in [2.45, 2.75) is 27.2 Å². The predicted molar refractivity (Wildman–Crippen MR) is 70.3 cm³/mol. The number of fused-ring (bicyclic) bond motifs is 1. The SMILES string of the molecule is CCOC(=O)C(=O)c1c(C)nc2ccc(CC)cn12. The summed E-state index contributed by atoms with van der Waals surface area (Å²) in [5.41, 5.74) is 2.54. The minimum absolute atomic E-state index is 0.181. The van der Waals surface area contributed by atoms with Crippen LogP contribution in [-0.4, -0.2) is 27.7 Å². The summed E-state index contributed by atoms with van der Waals surface area (Å²) in [6.07, 6.45) is 2.68. The second-order valence-corrected chi connectivity index (χ2v) is 4.21. The van der Waals surface area contributed by atoms with E-state index in [1.165, 1.54) is 0 Å². The first kappa shape index (κ1) is 13.3. The number of aryl methyl sites for hydroxylation is 2. The van der Waals surface area contributed by atoms with E-state index < -0.39 is 11.8 Å². The number of nitrogens with zero attached hydrogens (tertiary/aromatic N) is 2. The molecule has 5 nitrogen and oxygen atoms in total. The van der Waals surface area contributed by atoms with Gasteiger partial charge in [0.25, 0.3) is 5.78 Å². The van der Waals surface area contributed by atoms with Crippen molar-refractivity contribution in [3.05, 3.63) is 35.3 Å². The van der Waals surface area contributed by atoms with E-state index in [1.807, 2.05) is 25.3 Å². The average Bonchev–Trinajstić information content (AvgIpc) is 2.72. The van der Waals surface area contributed by atoms with E-state index in [-0.39, 0.29) is 12.3 Å². The zero-order valence-electron chi connectivity index (χ0n) is 11.3. The van der Waals surface area contributed by atoms with Gasteiger partial charge in [0.1, 0.15) is 11.3 Å². The number of hydrogen-bond acceptors (Lipinski definition) is 4. The monoisotopic (exact) mass is 260 g/mol. The lowest BCUT2D eigenvalue weighted by atomic mass is 10.2. The van der Waals surface area contributed by atoms with Crippen molar-refractivity contribution in [3.63, 3.8) is 0 Å². The van der Waals surface area contributed by atoms with Crippen LogP contribution in [-0.2, 0) is 16.0 Å². The second-order valence-electron chi connectivity index (χ2n) is 4.21. The van der Waals surface area contributed by atoms with Crippen molar-refractivity contribution in [2.24, 2.45) is 0 Å². The van der Waals surface area contributed by atoms with Crippen LogP contribution in [0.15, 0.2) is 18.3 Å². The molecular weight excluding hydrogens is 244 g/mol. The molecule has 2 aromatic rings. The van der Waals surface area contributed by atoms with Gasteiger partial charge in [-0.05, 0) is 31.9 Å². The fourth-order valence-corrected chi connectivity index (χ4v) is 1.98. The molecule has 0 atom stereocenters. The zero-order chi connectivity index (χ0) is 14.0. The lowest BCUT2D eigenvalue weighted by molar-refractivity contribution is -0.137. The van der Waals surface area contributed by atoms with Crippen LogP contribution in [0.4, 0.5) is 0 Å². The van der Waals surface area contributed by atoms with Gasteiger partial charge in [0, 0.05) is 6.20 Å². The number of pyridine rings is 1. The highest BCUT2D eigenvalue weighted by atomic mass is 16.5. The number of aromatic nitrogens is 2. The molecule has 2 heterocycles. The molecule has 0 saturated heterocycles. The third kappa shape index (κ3) is 2.36. The van der Waals surface area contributed by atoms with Crippen LogP contribution in [0.5, 0.6) is 0 Å². The predicted octanol–water partition coefficient (Wildman–Crippen LogP) is 1.95. The molecule has 100 valence electrons. The smallest absolute Gasteiger partial charge is 0.381 e. The number of carbonyl (C=O) groups is 2. The molecular formula is C14H16N2O3. The van der Waals surface area contributed by atoms with Crippen LogP contribution in [0.1, 0.15) is 35.6 Å². The Hall–Kier alpha value is -2.17. The Labute approximate surface area is 111 Å². The summed E-state index contributed by atoms with van der Waals surface area (Å²) in [7, 11) is 0. The standard InChI is InChI=1S/C14H16N2O3/c1-4-10-6-7-11-15-9(3)12(16(11)8-10)13(17)14(18)19-5-2/h6-8H,4-5H2,1-3H3. The van der Waals surface area contributed by atoms with Crippen LogP contribution >= 0.6 is 0 Å².